The molecule has 2 heterocycles. The smallest absolute Gasteiger partial charge is 0.238 e. The molecule has 118 valence electrons. The number of alkyl halides is 1. The molecule has 0 unspecified atom stereocenters. The van der Waals surface area contributed by atoms with E-state index in [9.17, 15) is 8.42 Å². The first kappa shape index (κ1) is 14.5. The highest BCUT2D eigenvalue weighted by Gasteiger charge is 2.21. The third-order valence-electron chi connectivity index (χ3n) is 3.59. The highest BCUT2D eigenvalue weighted by atomic mass is 79.9. The Hall–Kier alpha value is -2.10. The van der Waals surface area contributed by atoms with Gasteiger partial charge in [0.05, 0.1) is 21.5 Å². The summed E-state index contributed by atoms with van der Waals surface area (Å²) in [6.45, 7) is 0. The van der Waals surface area contributed by atoms with E-state index in [2.05, 4.69) is 31.4 Å². The number of fused-ring (bicyclic) bond motifs is 1. The number of nitrogens with one attached hydrogen (secondary N) is 2. The molecule has 4 rings (SSSR count). The van der Waals surface area contributed by atoms with Crippen molar-refractivity contribution in [2.75, 3.05) is 5.32 Å². The molecular formula is C14H11BrN4O3S. The van der Waals surface area contributed by atoms with Crippen LogP contribution in [0.4, 0.5) is 11.5 Å². The van der Waals surface area contributed by atoms with E-state index in [-0.39, 0.29) is 4.90 Å². The van der Waals surface area contributed by atoms with Crippen molar-refractivity contribution in [1.82, 2.24) is 10.2 Å². The van der Waals surface area contributed by atoms with Crippen LogP contribution < -0.4 is 15.2 Å². The predicted molar refractivity (Wildman–Crippen MR) is 89.9 cm³/mol. The SMILES string of the molecule is NS(=O)(=O)c1ccc2c(c1)Nc1n[nH]c3cc(CBr)cc(c13)O2. The molecule has 0 saturated heterocycles. The molecule has 7 nitrogen and oxygen atoms in total. The normalized spacial score (nSPS) is 13.1. The van der Waals surface area contributed by atoms with Gasteiger partial charge in [-0.3, -0.25) is 5.10 Å². The summed E-state index contributed by atoms with van der Waals surface area (Å²) in [5.74, 6) is 1.72. The summed E-state index contributed by atoms with van der Waals surface area (Å²) in [4.78, 5) is 0.00577. The zero-order valence-corrected chi connectivity index (χ0v) is 14.0. The molecule has 23 heavy (non-hydrogen) atoms. The Morgan fingerprint density at radius 1 is 1.22 bits per heavy atom. The largest absolute Gasteiger partial charge is 0.454 e. The average Bonchev–Trinajstić information content (AvgIpc) is 2.83. The maximum absolute atomic E-state index is 11.5. The number of hydrogen-bond acceptors (Lipinski definition) is 5. The number of anilines is 2. The number of aromatic nitrogens is 2. The number of sulfonamides is 1. The number of ether oxygens (including phenoxy) is 1. The van der Waals surface area contributed by atoms with Gasteiger partial charge in [-0.15, -0.1) is 0 Å². The van der Waals surface area contributed by atoms with Crippen molar-refractivity contribution in [2.24, 2.45) is 5.14 Å². The van der Waals surface area contributed by atoms with Crippen LogP contribution in [0.1, 0.15) is 5.56 Å². The Labute approximate surface area is 140 Å². The van der Waals surface area contributed by atoms with Crippen molar-refractivity contribution in [3.8, 4) is 11.5 Å². The molecule has 1 aliphatic heterocycles. The van der Waals surface area contributed by atoms with Crippen LogP contribution in [0.2, 0.25) is 0 Å². The average molecular weight is 395 g/mol. The minimum Gasteiger partial charge on any atom is -0.454 e. The molecular weight excluding hydrogens is 384 g/mol. The van der Waals surface area contributed by atoms with E-state index in [4.69, 9.17) is 9.88 Å². The fourth-order valence-corrected chi connectivity index (χ4v) is 3.41. The van der Waals surface area contributed by atoms with Gasteiger partial charge in [0.15, 0.2) is 11.6 Å². The summed E-state index contributed by atoms with van der Waals surface area (Å²) in [5, 5.41) is 17.0. The highest BCUT2D eigenvalue weighted by molar-refractivity contribution is 9.08. The minimum atomic E-state index is -3.79. The predicted octanol–water partition coefficient (Wildman–Crippen LogP) is 2.95. The van der Waals surface area contributed by atoms with E-state index in [0.29, 0.717) is 28.3 Å². The number of benzene rings is 2. The van der Waals surface area contributed by atoms with Crippen molar-refractivity contribution >= 4 is 48.4 Å². The number of aromatic amines is 1. The number of nitrogens with two attached hydrogens (primary N) is 1. The second-order valence-electron chi connectivity index (χ2n) is 5.15. The number of nitrogens with zero attached hydrogens (tertiary/aromatic N) is 1. The van der Waals surface area contributed by atoms with Crippen molar-refractivity contribution in [1.29, 1.82) is 0 Å². The van der Waals surface area contributed by atoms with E-state index in [1.54, 1.807) is 6.07 Å². The van der Waals surface area contributed by atoms with Crippen LogP contribution in [0.15, 0.2) is 35.2 Å². The molecule has 0 spiro atoms. The lowest BCUT2D eigenvalue weighted by atomic mass is 10.1. The molecule has 4 N–H and O–H groups in total. The lowest BCUT2D eigenvalue weighted by Gasteiger charge is -2.10. The summed E-state index contributed by atoms with van der Waals surface area (Å²) >= 11 is 3.43. The van der Waals surface area contributed by atoms with Gasteiger partial charge < -0.3 is 10.1 Å². The maximum atomic E-state index is 11.5. The first-order valence-corrected chi connectivity index (χ1v) is 9.31. The number of primary sulfonamides is 1. The number of halogens is 1. The van der Waals surface area contributed by atoms with Gasteiger partial charge in [-0.05, 0) is 35.9 Å². The molecule has 2 aromatic carbocycles. The Morgan fingerprint density at radius 2 is 2.04 bits per heavy atom. The van der Waals surface area contributed by atoms with Crippen molar-refractivity contribution in [3.05, 3.63) is 35.9 Å². The van der Waals surface area contributed by atoms with Crippen LogP contribution in [0.25, 0.3) is 10.9 Å². The fourth-order valence-electron chi connectivity index (χ4n) is 2.54. The van der Waals surface area contributed by atoms with Gasteiger partial charge in [0, 0.05) is 5.33 Å². The van der Waals surface area contributed by atoms with Gasteiger partial charge in [0.1, 0.15) is 5.75 Å². The molecule has 9 heteroatoms. The van der Waals surface area contributed by atoms with E-state index in [0.717, 1.165) is 16.5 Å². The van der Waals surface area contributed by atoms with Crippen molar-refractivity contribution in [2.45, 2.75) is 10.2 Å². The second-order valence-corrected chi connectivity index (χ2v) is 7.27. The van der Waals surface area contributed by atoms with Crippen LogP contribution in [0.5, 0.6) is 11.5 Å². The van der Waals surface area contributed by atoms with Crippen LogP contribution in [-0.4, -0.2) is 18.6 Å². The van der Waals surface area contributed by atoms with Crippen LogP contribution >= 0.6 is 15.9 Å². The Kier molecular flexibility index (Phi) is 3.12. The fraction of sp³-hybridized carbons (Fsp3) is 0.0714. The summed E-state index contributed by atoms with van der Waals surface area (Å²) < 4.78 is 29.0. The first-order chi connectivity index (χ1) is 11.0. The topological polar surface area (TPSA) is 110 Å². The van der Waals surface area contributed by atoms with E-state index < -0.39 is 10.0 Å². The van der Waals surface area contributed by atoms with Gasteiger partial charge >= 0.3 is 0 Å². The molecule has 1 aliphatic rings. The summed E-state index contributed by atoms with van der Waals surface area (Å²) in [6.07, 6.45) is 0. The molecule has 0 atom stereocenters. The standard InChI is InChI=1S/C14H11BrN4O3S/c15-6-7-3-10-13-12(4-7)22-11-2-1-8(23(16,20)21)5-9(11)17-14(13)19-18-10/h1-5H,6H2,(H2,16,20,21)(H2,17,18,19). The lowest BCUT2D eigenvalue weighted by Crippen LogP contribution is -2.12. The molecule has 0 fully saturated rings. The zero-order valence-electron chi connectivity index (χ0n) is 11.6. The number of H-pyrrole nitrogens is 1. The van der Waals surface area contributed by atoms with Crippen LogP contribution in [-0.2, 0) is 15.4 Å². The summed E-state index contributed by atoms with van der Waals surface area (Å²) in [6, 6.07) is 8.31. The summed E-state index contributed by atoms with van der Waals surface area (Å²) in [5.41, 5.74) is 2.35. The van der Waals surface area contributed by atoms with Gasteiger partial charge in [0.2, 0.25) is 10.0 Å². The minimum absolute atomic E-state index is 0.00577. The molecule has 0 saturated carbocycles. The zero-order chi connectivity index (χ0) is 16.2. The van der Waals surface area contributed by atoms with Gasteiger partial charge in [-0.2, -0.15) is 5.10 Å². The Morgan fingerprint density at radius 3 is 2.78 bits per heavy atom. The van der Waals surface area contributed by atoms with Gasteiger partial charge in [-0.1, -0.05) is 15.9 Å². The Balaban J connectivity index is 1.93. The van der Waals surface area contributed by atoms with E-state index >= 15 is 0 Å². The third kappa shape index (κ3) is 2.37. The first-order valence-electron chi connectivity index (χ1n) is 6.64. The van der Waals surface area contributed by atoms with Crippen LogP contribution in [0, 0.1) is 0 Å². The second kappa shape index (κ2) is 4.95. The van der Waals surface area contributed by atoms with Crippen molar-refractivity contribution < 1.29 is 13.2 Å². The van der Waals surface area contributed by atoms with Crippen LogP contribution in [0.3, 0.4) is 0 Å². The molecule has 0 aliphatic carbocycles. The molecule has 3 aromatic rings. The number of hydrogen-bond donors (Lipinski definition) is 3. The molecule has 0 radical (unpaired) electrons. The lowest BCUT2D eigenvalue weighted by molar-refractivity contribution is 0.491. The maximum Gasteiger partial charge on any atom is 0.238 e. The number of rotatable bonds is 2. The van der Waals surface area contributed by atoms with Gasteiger partial charge in [0.25, 0.3) is 0 Å². The summed E-state index contributed by atoms with van der Waals surface area (Å²) in [7, 11) is -3.79. The van der Waals surface area contributed by atoms with Crippen molar-refractivity contribution in [3.63, 3.8) is 0 Å². The molecule has 0 amide bonds. The van der Waals surface area contributed by atoms with Gasteiger partial charge in [-0.25, -0.2) is 13.6 Å². The third-order valence-corrected chi connectivity index (χ3v) is 5.15. The van der Waals surface area contributed by atoms with E-state index in [1.807, 2.05) is 12.1 Å². The monoisotopic (exact) mass is 394 g/mol. The molecule has 0 bridgehead atoms. The Bertz CT molecular complexity index is 1050. The molecule has 1 aromatic heterocycles. The highest BCUT2D eigenvalue weighted by Crippen LogP contribution is 2.43. The quantitative estimate of drug-likeness (QED) is 0.452. The van der Waals surface area contributed by atoms with E-state index in [1.165, 1.54) is 12.1 Å².